The molecular weight excluding hydrogens is 238 g/mol. The standard InChI is InChI=1S/C16H29NS/c1-6-14-9-10-15(18-14)11-16(7-2,8-3)12-17-13(4)5/h9-10,13,17H,6-8,11-12H2,1-5H3. The summed E-state index contributed by atoms with van der Waals surface area (Å²) in [4.78, 5) is 3.07. The molecular formula is C16H29NS. The SMILES string of the molecule is CCc1ccc(CC(CC)(CC)CNC(C)C)s1. The van der Waals surface area contributed by atoms with Gasteiger partial charge in [-0.15, -0.1) is 11.3 Å². The topological polar surface area (TPSA) is 12.0 Å². The highest BCUT2D eigenvalue weighted by Gasteiger charge is 2.27. The number of aryl methyl sites for hydroxylation is 1. The molecule has 1 aromatic rings. The molecule has 18 heavy (non-hydrogen) atoms. The maximum absolute atomic E-state index is 3.63. The first-order chi connectivity index (χ1) is 8.55. The number of hydrogen-bond acceptors (Lipinski definition) is 2. The second kappa shape index (κ2) is 7.30. The van der Waals surface area contributed by atoms with Gasteiger partial charge >= 0.3 is 0 Å². The Kier molecular flexibility index (Phi) is 6.37. The van der Waals surface area contributed by atoms with E-state index >= 15 is 0 Å². The molecule has 0 fully saturated rings. The summed E-state index contributed by atoms with van der Waals surface area (Å²) < 4.78 is 0. The van der Waals surface area contributed by atoms with Crippen LogP contribution in [0.25, 0.3) is 0 Å². The Bertz CT molecular complexity index is 337. The molecule has 104 valence electrons. The van der Waals surface area contributed by atoms with Crippen LogP contribution in [0.15, 0.2) is 12.1 Å². The summed E-state index contributed by atoms with van der Waals surface area (Å²) in [6.45, 7) is 12.5. The lowest BCUT2D eigenvalue weighted by Crippen LogP contribution is -2.38. The molecule has 0 aliphatic carbocycles. The van der Waals surface area contributed by atoms with E-state index in [1.807, 2.05) is 11.3 Å². The Labute approximate surface area is 117 Å². The van der Waals surface area contributed by atoms with Gasteiger partial charge in [-0.3, -0.25) is 0 Å². The second-order valence-electron chi connectivity index (χ2n) is 5.64. The molecule has 0 spiro atoms. The molecule has 0 saturated heterocycles. The third kappa shape index (κ3) is 4.40. The zero-order valence-electron chi connectivity index (χ0n) is 12.7. The summed E-state index contributed by atoms with van der Waals surface area (Å²) in [7, 11) is 0. The average molecular weight is 267 g/mol. The summed E-state index contributed by atoms with van der Waals surface area (Å²) >= 11 is 2.00. The van der Waals surface area contributed by atoms with Crippen molar-refractivity contribution in [2.45, 2.75) is 66.3 Å². The van der Waals surface area contributed by atoms with Gasteiger partial charge in [0.25, 0.3) is 0 Å². The van der Waals surface area contributed by atoms with Crippen LogP contribution >= 0.6 is 11.3 Å². The maximum Gasteiger partial charge on any atom is 0.00541 e. The fraction of sp³-hybridized carbons (Fsp3) is 0.750. The average Bonchev–Trinajstić information content (AvgIpc) is 2.82. The van der Waals surface area contributed by atoms with E-state index in [0.29, 0.717) is 11.5 Å². The lowest BCUT2D eigenvalue weighted by atomic mass is 9.78. The molecule has 1 rings (SSSR count). The molecule has 1 N–H and O–H groups in total. The lowest BCUT2D eigenvalue weighted by molar-refractivity contribution is 0.241. The Morgan fingerprint density at radius 3 is 2.17 bits per heavy atom. The summed E-state index contributed by atoms with van der Waals surface area (Å²) in [5.74, 6) is 0. The minimum atomic E-state index is 0.431. The largest absolute Gasteiger partial charge is 0.314 e. The van der Waals surface area contributed by atoms with Crippen molar-refractivity contribution in [3.05, 3.63) is 21.9 Å². The van der Waals surface area contributed by atoms with E-state index in [1.165, 1.54) is 30.6 Å². The van der Waals surface area contributed by atoms with Gasteiger partial charge in [0, 0.05) is 22.3 Å². The number of nitrogens with one attached hydrogen (secondary N) is 1. The van der Waals surface area contributed by atoms with Gasteiger partial charge in [-0.05, 0) is 43.2 Å². The molecule has 1 heterocycles. The quantitative estimate of drug-likeness (QED) is 0.722. The first kappa shape index (κ1) is 15.7. The first-order valence-corrected chi connectivity index (χ1v) is 8.17. The Morgan fingerprint density at radius 2 is 1.72 bits per heavy atom. The zero-order valence-corrected chi connectivity index (χ0v) is 13.5. The Morgan fingerprint density at radius 1 is 1.11 bits per heavy atom. The van der Waals surface area contributed by atoms with E-state index in [-0.39, 0.29) is 0 Å². The third-order valence-electron chi connectivity index (χ3n) is 4.00. The molecule has 0 amide bonds. The number of rotatable bonds is 8. The van der Waals surface area contributed by atoms with Gasteiger partial charge in [0.1, 0.15) is 0 Å². The van der Waals surface area contributed by atoms with Crippen LogP contribution in [0.5, 0.6) is 0 Å². The van der Waals surface area contributed by atoms with Crippen molar-refractivity contribution in [3.63, 3.8) is 0 Å². The van der Waals surface area contributed by atoms with Crippen LogP contribution in [0.4, 0.5) is 0 Å². The minimum Gasteiger partial charge on any atom is -0.314 e. The maximum atomic E-state index is 3.63. The molecule has 0 unspecified atom stereocenters. The molecule has 0 bridgehead atoms. The summed E-state index contributed by atoms with van der Waals surface area (Å²) in [6, 6.07) is 5.21. The van der Waals surface area contributed by atoms with Crippen molar-refractivity contribution >= 4 is 11.3 Å². The van der Waals surface area contributed by atoms with E-state index in [0.717, 1.165) is 6.54 Å². The van der Waals surface area contributed by atoms with E-state index in [4.69, 9.17) is 0 Å². The zero-order chi connectivity index (χ0) is 13.6. The minimum absolute atomic E-state index is 0.431. The van der Waals surface area contributed by atoms with Crippen molar-refractivity contribution in [3.8, 4) is 0 Å². The molecule has 0 atom stereocenters. The third-order valence-corrected chi connectivity index (χ3v) is 5.23. The predicted octanol–water partition coefficient (Wildman–Crippen LogP) is 4.66. The van der Waals surface area contributed by atoms with E-state index in [9.17, 15) is 0 Å². The van der Waals surface area contributed by atoms with Crippen LogP contribution in [0.3, 0.4) is 0 Å². The van der Waals surface area contributed by atoms with Gasteiger partial charge in [-0.1, -0.05) is 34.6 Å². The van der Waals surface area contributed by atoms with E-state index < -0.39 is 0 Å². The summed E-state index contributed by atoms with van der Waals surface area (Å²) in [6.07, 6.45) is 4.90. The normalized spacial score (nSPS) is 12.3. The van der Waals surface area contributed by atoms with Crippen molar-refractivity contribution in [1.82, 2.24) is 5.32 Å². The van der Waals surface area contributed by atoms with Gasteiger partial charge in [-0.2, -0.15) is 0 Å². The fourth-order valence-corrected chi connectivity index (χ4v) is 3.44. The van der Waals surface area contributed by atoms with Gasteiger partial charge in [0.15, 0.2) is 0 Å². The number of hydrogen-bond donors (Lipinski definition) is 1. The molecule has 0 aliphatic rings. The second-order valence-corrected chi connectivity index (χ2v) is 6.89. The molecule has 0 aliphatic heterocycles. The summed E-state index contributed by atoms with van der Waals surface area (Å²) in [5, 5.41) is 3.63. The van der Waals surface area contributed by atoms with Crippen LogP contribution in [0, 0.1) is 5.41 Å². The molecule has 1 nitrogen and oxygen atoms in total. The van der Waals surface area contributed by atoms with Gasteiger partial charge in [0.05, 0.1) is 0 Å². The Balaban J connectivity index is 2.71. The van der Waals surface area contributed by atoms with Crippen molar-refractivity contribution in [1.29, 1.82) is 0 Å². The predicted molar refractivity (Wildman–Crippen MR) is 83.6 cm³/mol. The van der Waals surface area contributed by atoms with Gasteiger partial charge in [0.2, 0.25) is 0 Å². The van der Waals surface area contributed by atoms with Crippen molar-refractivity contribution in [2.75, 3.05) is 6.54 Å². The van der Waals surface area contributed by atoms with Gasteiger partial charge in [-0.25, -0.2) is 0 Å². The van der Waals surface area contributed by atoms with Crippen LogP contribution in [-0.2, 0) is 12.8 Å². The van der Waals surface area contributed by atoms with E-state index in [2.05, 4.69) is 52.1 Å². The monoisotopic (exact) mass is 267 g/mol. The smallest absolute Gasteiger partial charge is 0.00541 e. The van der Waals surface area contributed by atoms with Crippen LogP contribution in [0.1, 0.15) is 57.2 Å². The Hall–Kier alpha value is -0.340. The molecule has 0 saturated carbocycles. The van der Waals surface area contributed by atoms with Gasteiger partial charge < -0.3 is 5.32 Å². The van der Waals surface area contributed by atoms with Crippen molar-refractivity contribution in [2.24, 2.45) is 5.41 Å². The molecule has 2 heteroatoms. The van der Waals surface area contributed by atoms with Crippen LogP contribution in [-0.4, -0.2) is 12.6 Å². The number of thiophene rings is 1. The summed E-state index contributed by atoms with van der Waals surface area (Å²) in [5.41, 5.74) is 0.431. The van der Waals surface area contributed by atoms with Crippen LogP contribution < -0.4 is 5.32 Å². The fourth-order valence-electron chi connectivity index (χ4n) is 2.31. The highest BCUT2D eigenvalue weighted by molar-refractivity contribution is 7.11. The highest BCUT2D eigenvalue weighted by Crippen LogP contribution is 2.33. The van der Waals surface area contributed by atoms with Crippen molar-refractivity contribution < 1.29 is 0 Å². The first-order valence-electron chi connectivity index (χ1n) is 7.36. The molecule has 0 aromatic carbocycles. The molecule has 1 aromatic heterocycles. The van der Waals surface area contributed by atoms with E-state index in [1.54, 1.807) is 4.88 Å². The van der Waals surface area contributed by atoms with Crippen LogP contribution in [0.2, 0.25) is 0 Å². The highest BCUT2D eigenvalue weighted by atomic mass is 32.1. The lowest BCUT2D eigenvalue weighted by Gasteiger charge is -2.32. The molecule has 0 radical (unpaired) electrons.